The van der Waals surface area contributed by atoms with Crippen LogP contribution in [0.3, 0.4) is 0 Å². The van der Waals surface area contributed by atoms with E-state index in [1.807, 2.05) is 11.3 Å². The lowest BCUT2D eigenvalue weighted by Crippen LogP contribution is -2.48. The van der Waals surface area contributed by atoms with Gasteiger partial charge in [0.1, 0.15) is 11.4 Å². The maximum Gasteiger partial charge on any atom is 0.134 e. The van der Waals surface area contributed by atoms with Gasteiger partial charge in [0.15, 0.2) is 0 Å². The molecule has 1 aromatic heterocycles. The summed E-state index contributed by atoms with van der Waals surface area (Å²) in [6.07, 6.45) is 2.35. The van der Waals surface area contributed by atoms with Gasteiger partial charge < -0.3 is 4.74 Å². The summed E-state index contributed by atoms with van der Waals surface area (Å²) in [5.74, 6) is 2.28. The van der Waals surface area contributed by atoms with E-state index >= 15 is 0 Å². The molecule has 0 saturated carbocycles. The van der Waals surface area contributed by atoms with Crippen molar-refractivity contribution >= 4 is 11.3 Å². The molecule has 15 heavy (non-hydrogen) atoms. The van der Waals surface area contributed by atoms with Crippen molar-refractivity contribution < 1.29 is 4.74 Å². The van der Waals surface area contributed by atoms with E-state index in [0.717, 1.165) is 12.2 Å². The topological polar surface area (TPSA) is 9.23 Å². The molecular weight excluding hydrogens is 204 g/mol. The Morgan fingerprint density at radius 3 is 2.53 bits per heavy atom. The molecule has 0 atom stereocenters. The molecule has 0 amide bonds. The van der Waals surface area contributed by atoms with Gasteiger partial charge in [0.25, 0.3) is 0 Å². The largest absolute Gasteiger partial charge is 0.486 e. The summed E-state index contributed by atoms with van der Waals surface area (Å²) in [5, 5.41) is 2.14. The van der Waals surface area contributed by atoms with E-state index in [1.165, 1.54) is 11.3 Å². The molecular formula is C13H20OS. The highest BCUT2D eigenvalue weighted by Crippen LogP contribution is 2.43. The predicted molar refractivity (Wildman–Crippen MR) is 65.7 cm³/mol. The van der Waals surface area contributed by atoms with Crippen molar-refractivity contribution in [2.45, 2.75) is 46.1 Å². The number of fused-ring (bicyclic) bond motifs is 1. The first kappa shape index (κ1) is 11.0. The Labute approximate surface area is 96.5 Å². The summed E-state index contributed by atoms with van der Waals surface area (Å²) in [6, 6.07) is 2.12. The molecule has 1 aliphatic rings. The fourth-order valence-corrected chi connectivity index (χ4v) is 3.45. The Kier molecular flexibility index (Phi) is 2.80. The van der Waals surface area contributed by atoms with E-state index in [-0.39, 0.29) is 5.60 Å². The van der Waals surface area contributed by atoms with Crippen LogP contribution in [0.5, 0.6) is 5.75 Å². The normalized spacial score (nSPS) is 19.1. The van der Waals surface area contributed by atoms with Gasteiger partial charge in [-0.3, -0.25) is 0 Å². The Morgan fingerprint density at radius 2 is 1.93 bits per heavy atom. The number of hydrogen-bond donors (Lipinski definition) is 0. The van der Waals surface area contributed by atoms with Gasteiger partial charge in [-0.2, -0.15) is 0 Å². The smallest absolute Gasteiger partial charge is 0.134 e. The lowest BCUT2D eigenvalue weighted by Gasteiger charge is -2.44. The number of aryl methyl sites for hydroxylation is 1. The van der Waals surface area contributed by atoms with Crippen LogP contribution >= 0.6 is 11.3 Å². The minimum absolute atomic E-state index is 0.0497. The average Bonchev–Trinajstić information content (AvgIpc) is 2.62. The SMILES string of the molecule is CC(C)C1(C(C)C)CCc2sccc2O1. The van der Waals surface area contributed by atoms with Gasteiger partial charge in [-0.15, -0.1) is 11.3 Å². The summed E-state index contributed by atoms with van der Waals surface area (Å²) in [5.41, 5.74) is 0.0497. The maximum atomic E-state index is 6.29. The molecule has 2 heterocycles. The van der Waals surface area contributed by atoms with E-state index in [0.29, 0.717) is 11.8 Å². The standard InChI is InChI=1S/C13H20OS/c1-9(2)13(10(3)4)7-5-12-11(14-13)6-8-15-12/h6,8-10H,5,7H2,1-4H3. The van der Waals surface area contributed by atoms with Crippen molar-refractivity contribution in [1.29, 1.82) is 0 Å². The summed E-state index contributed by atoms with van der Waals surface area (Å²) in [7, 11) is 0. The van der Waals surface area contributed by atoms with Gasteiger partial charge in [-0.25, -0.2) is 0 Å². The summed E-state index contributed by atoms with van der Waals surface area (Å²) >= 11 is 1.82. The van der Waals surface area contributed by atoms with Crippen LogP contribution < -0.4 is 4.74 Å². The highest BCUT2D eigenvalue weighted by molar-refractivity contribution is 7.10. The highest BCUT2D eigenvalue weighted by Gasteiger charge is 2.42. The minimum atomic E-state index is 0.0497. The number of hydrogen-bond acceptors (Lipinski definition) is 2. The number of thiophene rings is 1. The van der Waals surface area contributed by atoms with Crippen molar-refractivity contribution in [1.82, 2.24) is 0 Å². The first-order chi connectivity index (χ1) is 7.06. The molecule has 0 bridgehead atoms. The zero-order chi connectivity index (χ0) is 11.1. The average molecular weight is 224 g/mol. The highest BCUT2D eigenvalue weighted by atomic mass is 32.1. The van der Waals surface area contributed by atoms with E-state index in [4.69, 9.17) is 4.74 Å². The number of rotatable bonds is 2. The third-order valence-corrected chi connectivity index (χ3v) is 4.66. The number of ether oxygens (including phenoxy) is 1. The second-order valence-electron chi connectivity index (χ2n) is 5.07. The van der Waals surface area contributed by atoms with Crippen molar-refractivity contribution in [3.05, 3.63) is 16.3 Å². The van der Waals surface area contributed by atoms with Crippen LogP contribution in [-0.2, 0) is 6.42 Å². The maximum absolute atomic E-state index is 6.29. The summed E-state index contributed by atoms with van der Waals surface area (Å²) in [6.45, 7) is 9.10. The molecule has 0 unspecified atom stereocenters. The molecule has 0 aromatic carbocycles. The molecule has 1 aromatic rings. The Bertz CT molecular complexity index is 330. The van der Waals surface area contributed by atoms with E-state index in [1.54, 1.807) is 0 Å². The lowest BCUT2D eigenvalue weighted by atomic mass is 9.75. The zero-order valence-electron chi connectivity index (χ0n) is 10.0. The van der Waals surface area contributed by atoms with Crippen molar-refractivity contribution in [2.75, 3.05) is 0 Å². The quantitative estimate of drug-likeness (QED) is 0.734. The second kappa shape index (κ2) is 3.82. The molecule has 1 aliphatic heterocycles. The first-order valence-electron chi connectivity index (χ1n) is 5.81. The third kappa shape index (κ3) is 1.69. The van der Waals surface area contributed by atoms with Crippen molar-refractivity contribution in [2.24, 2.45) is 11.8 Å². The van der Waals surface area contributed by atoms with Gasteiger partial charge in [0.2, 0.25) is 0 Å². The van der Waals surface area contributed by atoms with Crippen LogP contribution in [0.25, 0.3) is 0 Å². The Hall–Kier alpha value is -0.500. The second-order valence-corrected chi connectivity index (χ2v) is 6.08. The van der Waals surface area contributed by atoms with Gasteiger partial charge in [-0.05, 0) is 36.1 Å². The van der Waals surface area contributed by atoms with E-state index < -0.39 is 0 Å². The molecule has 1 nitrogen and oxygen atoms in total. The zero-order valence-corrected chi connectivity index (χ0v) is 10.9. The van der Waals surface area contributed by atoms with Crippen LogP contribution in [-0.4, -0.2) is 5.60 Å². The Balaban J connectivity index is 2.32. The third-order valence-electron chi connectivity index (χ3n) is 3.70. The lowest BCUT2D eigenvalue weighted by molar-refractivity contribution is -0.0374. The molecule has 2 rings (SSSR count). The molecule has 0 saturated heterocycles. The van der Waals surface area contributed by atoms with Gasteiger partial charge >= 0.3 is 0 Å². The minimum Gasteiger partial charge on any atom is -0.486 e. The predicted octanol–water partition coefficient (Wildman–Crippen LogP) is 4.12. The fraction of sp³-hybridized carbons (Fsp3) is 0.692. The molecule has 0 radical (unpaired) electrons. The van der Waals surface area contributed by atoms with E-state index in [9.17, 15) is 0 Å². The van der Waals surface area contributed by atoms with Crippen LogP contribution in [0.15, 0.2) is 11.4 Å². The molecule has 0 fully saturated rings. The molecule has 0 spiro atoms. The van der Waals surface area contributed by atoms with Crippen LogP contribution in [0.1, 0.15) is 39.0 Å². The van der Waals surface area contributed by atoms with Gasteiger partial charge in [0.05, 0.1) is 0 Å². The summed E-state index contributed by atoms with van der Waals surface area (Å²) in [4.78, 5) is 1.42. The molecule has 0 aliphatic carbocycles. The fourth-order valence-electron chi connectivity index (χ4n) is 2.65. The van der Waals surface area contributed by atoms with Crippen LogP contribution in [0.2, 0.25) is 0 Å². The van der Waals surface area contributed by atoms with Crippen molar-refractivity contribution in [3.63, 3.8) is 0 Å². The molecule has 84 valence electrons. The Morgan fingerprint density at radius 1 is 1.27 bits per heavy atom. The van der Waals surface area contributed by atoms with Gasteiger partial charge in [0, 0.05) is 4.88 Å². The first-order valence-corrected chi connectivity index (χ1v) is 6.69. The monoisotopic (exact) mass is 224 g/mol. The van der Waals surface area contributed by atoms with Crippen LogP contribution in [0.4, 0.5) is 0 Å². The molecule has 0 N–H and O–H groups in total. The van der Waals surface area contributed by atoms with Gasteiger partial charge in [-0.1, -0.05) is 27.7 Å². The summed E-state index contributed by atoms with van der Waals surface area (Å²) < 4.78 is 6.29. The molecule has 2 heteroatoms. The van der Waals surface area contributed by atoms with Crippen molar-refractivity contribution in [3.8, 4) is 5.75 Å². The van der Waals surface area contributed by atoms with E-state index in [2.05, 4.69) is 39.1 Å². The van der Waals surface area contributed by atoms with Crippen LogP contribution in [0, 0.1) is 11.8 Å².